The lowest BCUT2D eigenvalue weighted by Crippen LogP contribution is -2.39. The third kappa shape index (κ3) is 6.48. The van der Waals surface area contributed by atoms with Crippen LogP contribution in [-0.2, 0) is 6.54 Å². The van der Waals surface area contributed by atoms with E-state index in [4.69, 9.17) is 5.73 Å². The lowest BCUT2D eigenvalue weighted by Gasteiger charge is -2.29. The molecule has 1 aromatic carbocycles. The van der Waals surface area contributed by atoms with E-state index in [1.807, 2.05) is 0 Å². The number of aromatic nitrogens is 2. The predicted octanol–water partition coefficient (Wildman–Crippen LogP) is 3.16. The number of likely N-dealkylation sites (tertiary alicyclic amines) is 1. The van der Waals surface area contributed by atoms with Crippen LogP contribution in [0.2, 0.25) is 0 Å². The van der Waals surface area contributed by atoms with E-state index in [0.29, 0.717) is 46.8 Å². The fraction of sp³-hybridized carbons (Fsp3) is 0.400. The summed E-state index contributed by atoms with van der Waals surface area (Å²) in [5.74, 6) is -0.560. The van der Waals surface area contributed by atoms with Gasteiger partial charge in [0.15, 0.2) is 11.5 Å². The first-order valence-corrected chi connectivity index (χ1v) is 11.6. The number of hydrogen-bond acceptors (Lipinski definition) is 8. The fourth-order valence-corrected chi connectivity index (χ4v) is 4.35. The Morgan fingerprint density at radius 3 is 2.86 bits per heavy atom. The van der Waals surface area contributed by atoms with Gasteiger partial charge < -0.3 is 16.4 Å². The average molecular weight is 481 g/mol. The van der Waals surface area contributed by atoms with E-state index < -0.39 is 11.7 Å². The molecule has 1 amide bonds. The second kappa shape index (κ2) is 12.2. The van der Waals surface area contributed by atoms with Crippen LogP contribution in [-0.4, -0.2) is 65.9 Å². The van der Waals surface area contributed by atoms with Gasteiger partial charge in [-0.25, -0.2) is 19.4 Å². The zero-order valence-electron chi connectivity index (χ0n) is 20.5. The molecule has 186 valence electrons. The van der Waals surface area contributed by atoms with Crippen molar-refractivity contribution in [3.8, 4) is 0 Å². The number of carbonyl (C=O) groups is 1. The minimum atomic E-state index is -0.440. The molecule has 2 aromatic rings. The van der Waals surface area contributed by atoms with Gasteiger partial charge in [-0.15, -0.1) is 0 Å². The molecule has 0 unspecified atom stereocenters. The molecule has 0 radical (unpaired) electrons. The Labute approximate surface area is 205 Å². The maximum absolute atomic E-state index is 14.2. The van der Waals surface area contributed by atoms with Crippen LogP contribution in [0.1, 0.15) is 48.3 Å². The van der Waals surface area contributed by atoms with Gasteiger partial charge in [0.1, 0.15) is 17.8 Å². The molecule has 2 heterocycles. The van der Waals surface area contributed by atoms with Crippen molar-refractivity contribution in [2.45, 2.75) is 45.3 Å². The first kappa shape index (κ1) is 26.0. The summed E-state index contributed by atoms with van der Waals surface area (Å²) < 4.78 is 14.2. The van der Waals surface area contributed by atoms with Gasteiger partial charge in [-0.3, -0.25) is 14.7 Å². The molecule has 1 atom stereocenters. The van der Waals surface area contributed by atoms with Crippen LogP contribution in [0, 0.1) is 5.82 Å². The summed E-state index contributed by atoms with van der Waals surface area (Å²) in [4.78, 5) is 31.8. The molecular formula is C25H33FN8O. The van der Waals surface area contributed by atoms with Crippen molar-refractivity contribution in [1.82, 2.24) is 20.2 Å². The molecule has 35 heavy (non-hydrogen) atoms. The summed E-state index contributed by atoms with van der Waals surface area (Å²) >= 11 is 0. The summed E-state index contributed by atoms with van der Waals surface area (Å²) in [5.41, 5.74) is 7.95. The van der Waals surface area contributed by atoms with Crippen LogP contribution >= 0.6 is 0 Å². The molecule has 1 fully saturated rings. The first-order chi connectivity index (χ1) is 16.9. The highest BCUT2D eigenvalue weighted by Gasteiger charge is 2.27. The number of benzene rings is 1. The highest BCUT2D eigenvalue weighted by Crippen LogP contribution is 2.27. The van der Waals surface area contributed by atoms with Crippen LogP contribution in [0.15, 0.2) is 40.7 Å². The summed E-state index contributed by atoms with van der Waals surface area (Å²) in [6.45, 7) is 9.71. The van der Waals surface area contributed by atoms with Crippen molar-refractivity contribution in [2.24, 2.45) is 15.7 Å². The highest BCUT2D eigenvalue weighted by molar-refractivity contribution is 6.09. The molecule has 0 saturated carbocycles. The Balaban J connectivity index is 1.77. The zero-order valence-corrected chi connectivity index (χ0v) is 20.5. The first-order valence-electron chi connectivity index (χ1n) is 11.6. The van der Waals surface area contributed by atoms with E-state index in [1.165, 1.54) is 24.7 Å². The van der Waals surface area contributed by atoms with Gasteiger partial charge in [-0.1, -0.05) is 0 Å². The third-order valence-electron chi connectivity index (χ3n) is 5.98. The summed E-state index contributed by atoms with van der Waals surface area (Å²) in [6, 6.07) is 5.25. The number of amides is 1. The molecule has 1 aliphatic heterocycles. The Bertz CT molecular complexity index is 1110. The Kier molecular flexibility index (Phi) is 9.02. The van der Waals surface area contributed by atoms with E-state index in [-0.39, 0.29) is 12.2 Å². The van der Waals surface area contributed by atoms with E-state index >= 15 is 0 Å². The normalized spacial score (nSPS) is 16.7. The number of halogens is 1. The fourth-order valence-electron chi connectivity index (χ4n) is 4.35. The van der Waals surface area contributed by atoms with Crippen molar-refractivity contribution in [1.29, 1.82) is 0 Å². The lowest BCUT2D eigenvalue weighted by molar-refractivity contribution is 0.0946. The summed E-state index contributed by atoms with van der Waals surface area (Å²) in [7, 11) is 1.61. The van der Waals surface area contributed by atoms with Gasteiger partial charge in [0, 0.05) is 50.2 Å². The molecule has 0 aliphatic carbocycles. The number of allylic oxidation sites excluding steroid dienone is 1. The highest BCUT2D eigenvalue weighted by atomic mass is 19.1. The Hall–Kier alpha value is -3.66. The van der Waals surface area contributed by atoms with E-state index in [2.05, 4.69) is 56.1 Å². The Morgan fingerprint density at radius 1 is 1.37 bits per heavy atom. The molecule has 3 rings (SSSR count). The molecule has 0 spiro atoms. The van der Waals surface area contributed by atoms with Crippen LogP contribution in [0.25, 0.3) is 5.57 Å². The number of nitrogens with one attached hydrogen (secondary N) is 2. The largest absolute Gasteiger partial charge is 0.404 e. The predicted molar refractivity (Wildman–Crippen MR) is 139 cm³/mol. The molecule has 1 aliphatic rings. The van der Waals surface area contributed by atoms with Crippen molar-refractivity contribution >= 4 is 35.9 Å². The van der Waals surface area contributed by atoms with E-state index in [0.717, 1.165) is 19.4 Å². The SMILES string of the molecule is C=Nc1ncnc(C(=O)NCc2cc(F)cc(C(C=NC)=CN)c2)c1NC[C@@H]1CCCN1C(C)C. The minimum Gasteiger partial charge on any atom is -0.404 e. The van der Waals surface area contributed by atoms with Crippen LogP contribution in [0.3, 0.4) is 0 Å². The smallest absolute Gasteiger partial charge is 0.272 e. The molecule has 10 heteroatoms. The maximum atomic E-state index is 14.2. The summed E-state index contributed by atoms with van der Waals surface area (Å²) in [5, 5.41) is 6.15. The molecule has 9 nitrogen and oxygen atoms in total. The van der Waals surface area contributed by atoms with Crippen LogP contribution in [0.4, 0.5) is 15.9 Å². The van der Waals surface area contributed by atoms with E-state index in [1.54, 1.807) is 19.3 Å². The number of nitrogens with two attached hydrogens (primary N) is 1. The van der Waals surface area contributed by atoms with Gasteiger partial charge in [0.2, 0.25) is 0 Å². The number of anilines is 1. The van der Waals surface area contributed by atoms with E-state index in [9.17, 15) is 9.18 Å². The number of hydrogen-bond donors (Lipinski definition) is 3. The summed E-state index contributed by atoms with van der Waals surface area (Å²) in [6.07, 6.45) is 6.39. The maximum Gasteiger partial charge on any atom is 0.272 e. The monoisotopic (exact) mass is 480 g/mol. The second-order valence-electron chi connectivity index (χ2n) is 8.63. The topological polar surface area (TPSA) is 121 Å². The zero-order chi connectivity index (χ0) is 25.4. The van der Waals surface area contributed by atoms with Gasteiger partial charge in [-0.05, 0) is 69.3 Å². The second-order valence-corrected chi connectivity index (χ2v) is 8.63. The van der Waals surface area contributed by atoms with Crippen molar-refractivity contribution in [3.63, 3.8) is 0 Å². The standard InChI is InChI=1S/C25H33FN8O/c1-16(2)34-7-5-6-21(34)14-30-22-23(32-15-33-24(22)29-4)25(35)31-12-17-8-18(10-20(26)9-17)19(11-27)13-28-3/h8-11,13,15-16,21,30H,4-7,12,14,27H2,1-3H3,(H,31,35)/t21-/m0/s1. The number of carbonyl (C=O) groups excluding carboxylic acids is 1. The van der Waals surface area contributed by atoms with Crippen molar-refractivity contribution < 1.29 is 9.18 Å². The lowest BCUT2D eigenvalue weighted by atomic mass is 10.0. The van der Waals surface area contributed by atoms with Gasteiger partial charge in [-0.2, -0.15) is 0 Å². The quantitative estimate of drug-likeness (QED) is 0.449. The van der Waals surface area contributed by atoms with Crippen LogP contribution < -0.4 is 16.4 Å². The molecule has 0 bridgehead atoms. The average Bonchev–Trinajstić information content (AvgIpc) is 3.33. The minimum absolute atomic E-state index is 0.0920. The van der Waals surface area contributed by atoms with Crippen LogP contribution in [0.5, 0.6) is 0 Å². The van der Waals surface area contributed by atoms with Crippen molar-refractivity contribution in [2.75, 3.05) is 25.5 Å². The van der Waals surface area contributed by atoms with Gasteiger partial charge in [0.25, 0.3) is 5.91 Å². The van der Waals surface area contributed by atoms with Gasteiger partial charge >= 0.3 is 0 Å². The van der Waals surface area contributed by atoms with Gasteiger partial charge in [0.05, 0.1) is 0 Å². The molecule has 4 N–H and O–H groups in total. The molecule has 1 aromatic heterocycles. The molecule has 1 saturated heterocycles. The number of rotatable bonds is 10. The Morgan fingerprint density at radius 2 is 2.17 bits per heavy atom. The number of nitrogens with zero attached hydrogens (tertiary/aromatic N) is 5. The van der Waals surface area contributed by atoms with Crippen molar-refractivity contribution in [3.05, 3.63) is 53.4 Å². The molecular weight excluding hydrogens is 447 g/mol. The third-order valence-corrected chi connectivity index (χ3v) is 5.98. The number of aliphatic imine (C=N–C) groups is 2.